The lowest BCUT2D eigenvalue weighted by Gasteiger charge is -2.28. The highest BCUT2D eigenvalue weighted by molar-refractivity contribution is 4.95. The summed E-state index contributed by atoms with van der Waals surface area (Å²) in [4.78, 5) is 0. The van der Waals surface area contributed by atoms with E-state index in [9.17, 15) is 5.11 Å². The van der Waals surface area contributed by atoms with Crippen molar-refractivity contribution in [3.63, 3.8) is 0 Å². The van der Waals surface area contributed by atoms with Crippen LogP contribution in [0, 0.1) is 5.92 Å². The molecule has 0 aromatic carbocycles. The number of ether oxygens (including phenoxy) is 1. The van der Waals surface area contributed by atoms with Crippen molar-refractivity contribution in [2.45, 2.75) is 50.7 Å². The molecule has 0 aromatic heterocycles. The van der Waals surface area contributed by atoms with Gasteiger partial charge in [0.2, 0.25) is 0 Å². The molecule has 1 heterocycles. The maximum absolute atomic E-state index is 9.98. The van der Waals surface area contributed by atoms with Gasteiger partial charge in [-0.05, 0) is 44.4 Å². The van der Waals surface area contributed by atoms with Crippen molar-refractivity contribution >= 4 is 0 Å². The van der Waals surface area contributed by atoms with E-state index in [-0.39, 0.29) is 12.2 Å². The van der Waals surface area contributed by atoms with Gasteiger partial charge in [-0.15, -0.1) is 0 Å². The molecular formula is C12H20O2. The molecule has 0 amide bonds. The van der Waals surface area contributed by atoms with E-state index in [2.05, 4.69) is 12.2 Å². The lowest BCUT2D eigenvalue weighted by atomic mass is 9.93. The van der Waals surface area contributed by atoms with Gasteiger partial charge in [0.05, 0.1) is 12.2 Å². The molecule has 1 N–H and O–H groups in total. The highest BCUT2D eigenvalue weighted by Crippen LogP contribution is 2.26. The summed E-state index contributed by atoms with van der Waals surface area (Å²) in [6.07, 6.45) is 10.9. The number of allylic oxidation sites excluding steroid dienone is 2. The molecule has 2 atom stereocenters. The standard InChI is InChI=1S/C12H20O2/c13-11(9-10-5-1-2-6-10)12-7-3-4-8-14-12/h1-2,10-13H,3-9H2. The number of aliphatic hydroxyl groups excluding tert-OH is 1. The van der Waals surface area contributed by atoms with Crippen molar-refractivity contribution in [3.8, 4) is 0 Å². The van der Waals surface area contributed by atoms with E-state index in [0.717, 1.165) is 38.7 Å². The molecule has 2 unspecified atom stereocenters. The topological polar surface area (TPSA) is 29.5 Å². The molecule has 0 bridgehead atoms. The average molecular weight is 196 g/mol. The largest absolute Gasteiger partial charge is 0.390 e. The van der Waals surface area contributed by atoms with E-state index < -0.39 is 0 Å². The quantitative estimate of drug-likeness (QED) is 0.702. The van der Waals surface area contributed by atoms with Crippen LogP contribution in [0.2, 0.25) is 0 Å². The Balaban J connectivity index is 1.73. The molecular weight excluding hydrogens is 176 g/mol. The normalized spacial score (nSPS) is 30.8. The highest BCUT2D eigenvalue weighted by Gasteiger charge is 2.25. The summed E-state index contributed by atoms with van der Waals surface area (Å²) in [6, 6.07) is 0. The Morgan fingerprint density at radius 2 is 2.07 bits per heavy atom. The van der Waals surface area contributed by atoms with Crippen LogP contribution in [-0.4, -0.2) is 23.9 Å². The molecule has 1 fully saturated rings. The van der Waals surface area contributed by atoms with E-state index >= 15 is 0 Å². The van der Waals surface area contributed by atoms with Gasteiger partial charge in [-0.3, -0.25) is 0 Å². The van der Waals surface area contributed by atoms with Gasteiger partial charge in [0.1, 0.15) is 0 Å². The van der Waals surface area contributed by atoms with E-state index in [0.29, 0.717) is 5.92 Å². The van der Waals surface area contributed by atoms with Crippen LogP contribution in [0.5, 0.6) is 0 Å². The summed E-state index contributed by atoms with van der Waals surface area (Å²) in [7, 11) is 0. The minimum absolute atomic E-state index is 0.115. The zero-order chi connectivity index (χ0) is 9.80. The van der Waals surface area contributed by atoms with E-state index in [4.69, 9.17) is 4.74 Å². The van der Waals surface area contributed by atoms with Crippen LogP contribution >= 0.6 is 0 Å². The molecule has 0 saturated carbocycles. The molecule has 1 aliphatic carbocycles. The predicted molar refractivity (Wildman–Crippen MR) is 56.1 cm³/mol. The van der Waals surface area contributed by atoms with Gasteiger partial charge in [0, 0.05) is 6.61 Å². The SMILES string of the molecule is OC(CC1CC=CC1)C1CCCCO1. The van der Waals surface area contributed by atoms with E-state index in [1.54, 1.807) is 0 Å². The summed E-state index contributed by atoms with van der Waals surface area (Å²) >= 11 is 0. The molecule has 2 aliphatic rings. The van der Waals surface area contributed by atoms with Crippen LogP contribution in [0.1, 0.15) is 38.5 Å². The number of hydrogen-bond donors (Lipinski definition) is 1. The molecule has 1 aliphatic heterocycles. The first-order valence-electron chi connectivity index (χ1n) is 5.81. The van der Waals surface area contributed by atoms with Crippen LogP contribution in [0.15, 0.2) is 12.2 Å². The second-order valence-corrected chi connectivity index (χ2v) is 4.52. The van der Waals surface area contributed by atoms with Crippen LogP contribution in [0.4, 0.5) is 0 Å². The molecule has 2 nitrogen and oxygen atoms in total. The number of aliphatic hydroxyl groups is 1. The van der Waals surface area contributed by atoms with Crippen LogP contribution in [-0.2, 0) is 4.74 Å². The van der Waals surface area contributed by atoms with Crippen LogP contribution in [0.3, 0.4) is 0 Å². The number of rotatable bonds is 3. The Morgan fingerprint density at radius 1 is 1.29 bits per heavy atom. The van der Waals surface area contributed by atoms with Gasteiger partial charge in [-0.25, -0.2) is 0 Å². The molecule has 14 heavy (non-hydrogen) atoms. The maximum Gasteiger partial charge on any atom is 0.0834 e. The third-order valence-electron chi connectivity index (χ3n) is 3.32. The summed E-state index contributed by atoms with van der Waals surface area (Å²) in [5.74, 6) is 0.663. The second-order valence-electron chi connectivity index (χ2n) is 4.52. The first-order chi connectivity index (χ1) is 6.86. The minimum Gasteiger partial charge on any atom is -0.390 e. The van der Waals surface area contributed by atoms with E-state index in [1.165, 1.54) is 6.42 Å². The fourth-order valence-corrected chi connectivity index (χ4v) is 2.43. The Bertz CT molecular complexity index is 186. The van der Waals surface area contributed by atoms with Gasteiger partial charge in [0.15, 0.2) is 0 Å². The van der Waals surface area contributed by atoms with Gasteiger partial charge in [-0.1, -0.05) is 12.2 Å². The third kappa shape index (κ3) is 2.58. The van der Waals surface area contributed by atoms with Crippen LogP contribution in [0.25, 0.3) is 0 Å². The highest BCUT2D eigenvalue weighted by atomic mass is 16.5. The molecule has 2 rings (SSSR count). The first kappa shape index (κ1) is 10.2. The van der Waals surface area contributed by atoms with Gasteiger partial charge in [-0.2, -0.15) is 0 Å². The molecule has 0 aromatic rings. The average Bonchev–Trinajstić information content (AvgIpc) is 2.72. The molecule has 80 valence electrons. The van der Waals surface area contributed by atoms with E-state index in [1.807, 2.05) is 0 Å². The van der Waals surface area contributed by atoms with Crippen molar-refractivity contribution in [2.75, 3.05) is 6.61 Å². The Hall–Kier alpha value is -0.340. The fourth-order valence-electron chi connectivity index (χ4n) is 2.43. The molecule has 0 spiro atoms. The summed E-state index contributed by atoms with van der Waals surface area (Å²) in [5.41, 5.74) is 0. The van der Waals surface area contributed by atoms with Crippen molar-refractivity contribution in [1.82, 2.24) is 0 Å². The number of hydrogen-bond acceptors (Lipinski definition) is 2. The smallest absolute Gasteiger partial charge is 0.0834 e. The van der Waals surface area contributed by atoms with Gasteiger partial charge < -0.3 is 9.84 Å². The van der Waals surface area contributed by atoms with Crippen LogP contribution < -0.4 is 0 Å². The first-order valence-corrected chi connectivity index (χ1v) is 5.81. The Kier molecular flexibility index (Phi) is 3.60. The lowest BCUT2D eigenvalue weighted by Crippen LogP contribution is -2.33. The molecule has 2 heteroatoms. The maximum atomic E-state index is 9.98. The Morgan fingerprint density at radius 3 is 2.71 bits per heavy atom. The lowest BCUT2D eigenvalue weighted by molar-refractivity contribution is -0.0687. The molecule has 0 radical (unpaired) electrons. The second kappa shape index (κ2) is 4.94. The monoisotopic (exact) mass is 196 g/mol. The van der Waals surface area contributed by atoms with Crippen molar-refractivity contribution < 1.29 is 9.84 Å². The fraction of sp³-hybridized carbons (Fsp3) is 0.833. The van der Waals surface area contributed by atoms with Crippen molar-refractivity contribution in [2.24, 2.45) is 5.92 Å². The zero-order valence-electron chi connectivity index (χ0n) is 8.69. The predicted octanol–water partition coefficient (Wildman–Crippen LogP) is 2.27. The molecule has 1 saturated heterocycles. The van der Waals surface area contributed by atoms with Gasteiger partial charge >= 0.3 is 0 Å². The zero-order valence-corrected chi connectivity index (χ0v) is 8.69. The Labute approximate surface area is 86.0 Å². The summed E-state index contributed by atoms with van der Waals surface area (Å²) in [5, 5.41) is 9.98. The summed E-state index contributed by atoms with van der Waals surface area (Å²) in [6.45, 7) is 0.838. The van der Waals surface area contributed by atoms with Crippen molar-refractivity contribution in [1.29, 1.82) is 0 Å². The van der Waals surface area contributed by atoms with Crippen molar-refractivity contribution in [3.05, 3.63) is 12.2 Å². The summed E-state index contributed by atoms with van der Waals surface area (Å²) < 4.78 is 5.58. The van der Waals surface area contributed by atoms with Gasteiger partial charge in [0.25, 0.3) is 0 Å². The third-order valence-corrected chi connectivity index (χ3v) is 3.32. The minimum atomic E-state index is -0.236.